The first-order chi connectivity index (χ1) is 13.0. The topological polar surface area (TPSA) is 63.1 Å². The summed E-state index contributed by atoms with van der Waals surface area (Å²) in [6.45, 7) is 7.32. The van der Waals surface area contributed by atoms with Crippen LogP contribution in [0.4, 0.5) is 0 Å². The Hall–Kier alpha value is -2.21. The number of amides is 1. The number of hydrogen-bond acceptors (Lipinski definition) is 4. The molecule has 3 rings (SSSR count). The van der Waals surface area contributed by atoms with Gasteiger partial charge in [-0.2, -0.15) is 5.10 Å². The number of hydrogen-bond donors (Lipinski definition) is 1. The first-order valence-corrected chi connectivity index (χ1v) is 9.92. The van der Waals surface area contributed by atoms with Crippen LogP contribution in [0.25, 0.3) is 0 Å². The minimum Gasteiger partial charge on any atom is -0.346 e. The van der Waals surface area contributed by atoms with Gasteiger partial charge in [0.1, 0.15) is 12.2 Å². The van der Waals surface area contributed by atoms with Crippen molar-refractivity contribution < 1.29 is 4.79 Å². The van der Waals surface area contributed by atoms with Crippen LogP contribution < -0.4 is 5.32 Å². The molecule has 1 saturated heterocycles. The van der Waals surface area contributed by atoms with E-state index in [2.05, 4.69) is 64.5 Å². The Morgan fingerprint density at radius 2 is 1.93 bits per heavy atom. The Morgan fingerprint density at radius 3 is 2.52 bits per heavy atom. The molecule has 1 aliphatic rings. The number of rotatable bonds is 7. The second-order valence-electron chi connectivity index (χ2n) is 7.94. The van der Waals surface area contributed by atoms with Gasteiger partial charge in [-0.05, 0) is 43.3 Å². The summed E-state index contributed by atoms with van der Waals surface area (Å²) in [6, 6.07) is 10.5. The second-order valence-corrected chi connectivity index (χ2v) is 7.94. The summed E-state index contributed by atoms with van der Waals surface area (Å²) in [6.07, 6.45) is 4.30. The van der Waals surface area contributed by atoms with Gasteiger partial charge in [-0.3, -0.25) is 14.4 Å². The monoisotopic (exact) mass is 369 g/mol. The quantitative estimate of drug-likeness (QED) is 0.815. The molecule has 6 nitrogen and oxygen atoms in total. The molecule has 0 unspecified atom stereocenters. The third kappa shape index (κ3) is 5.39. The van der Waals surface area contributed by atoms with Gasteiger partial charge in [0, 0.05) is 20.0 Å². The molecule has 27 heavy (non-hydrogen) atoms. The molecule has 1 N–H and O–H groups in total. The van der Waals surface area contributed by atoms with Crippen LogP contribution in [0.5, 0.6) is 0 Å². The highest BCUT2D eigenvalue weighted by Crippen LogP contribution is 2.24. The fourth-order valence-corrected chi connectivity index (χ4v) is 3.80. The zero-order valence-corrected chi connectivity index (χ0v) is 16.6. The summed E-state index contributed by atoms with van der Waals surface area (Å²) in [4.78, 5) is 19.4. The Labute approximate surface area is 162 Å². The summed E-state index contributed by atoms with van der Waals surface area (Å²) >= 11 is 0. The van der Waals surface area contributed by atoms with E-state index >= 15 is 0 Å². The first kappa shape index (κ1) is 19.5. The molecule has 1 amide bonds. The van der Waals surface area contributed by atoms with E-state index in [0.717, 1.165) is 38.3 Å². The van der Waals surface area contributed by atoms with E-state index < -0.39 is 0 Å². The van der Waals surface area contributed by atoms with Gasteiger partial charge in [-0.1, -0.05) is 44.2 Å². The van der Waals surface area contributed by atoms with Crippen molar-refractivity contribution in [2.75, 3.05) is 13.1 Å². The number of benzene rings is 1. The number of carbonyl (C=O) groups is 1. The molecule has 1 aliphatic heterocycles. The van der Waals surface area contributed by atoms with E-state index in [1.807, 2.05) is 7.05 Å². The van der Waals surface area contributed by atoms with Crippen molar-refractivity contribution in [3.05, 3.63) is 48.0 Å². The Balaban J connectivity index is 1.47. The van der Waals surface area contributed by atoms with Gasteiger partial charge in [-0.15, -0.1) is 0 Å². The third-order valence-electron chi connectivity index (χ3n) is 5.44. The number of carbonyl (C=O) groups excluding carboxylic acids is 1. The van der Waals surface area contributed by atoms with Crippen molar-refractivity contribution in [2.45, 2.75) is 45.7 Å². The van der Waals surface area contributed by atoms with Crippen molar-refractivity contribution in [1.82, 2.24) is 25.0 Å². The molecular weight excluding hydrogens is 338 g/mol. The summed E-state index contributed by atoms with van der Waals surface area (Å²) < 4.78 is 1.74. The molecule has 0 saturated carbocycles. The predicted octanol–water partition coefficient (Wildman–Crippen LogP) is 2.93. The van der Waals surface area contributed by atoms with Gasteiger partial charge in [0.15, 0.2) is 0 Å². The molecule has 1 fully saturated rings. The van der Waals surface area contributed by atoms with Gasteiger partial charge in [0.25, 0.3) is 0 Å². The zero-order valence-electron chi connectivity index (χ0n) is 16.6. The van der Waals surface area contributed by atoms with E-state index in [1.54, 1.807) is 11.0 Å². The van der Waals surface area contributed by atoms with Crippen LogP contribution in [0, 0.1) is 11.8 Å². The van der Waals surface area contributed by atoms with Gasteiger partial charge >= 0.3 is 0 Å². The number of piperidine rings is 1. The number of nitrogens with zero attached hydrogens (tertiary/aromatic N) is 4. The van der Waals surface area contributed by atoms with Crippen molar-refractivity contribution in [2.24, 2.45) is 18.9 Å². The van der Waals surface area contributed by atoms with Crippen LogP contribution in [0.2, 0.25) is 0 Å². The largest absolute Gasteiger partial charge is 0.346 e. The summed E-state index contributed by atoms with van der Waals surface area (Å²) in [7, 11) is 1.87. The highest BCUT2D eigenvalue weighted by Gasteiger charge is 2.26. The van der Waals surface area contributed by atoms with Crippen molar-refractivity contribution >= 4 is 5.91 Å². The van der Waals surface area contributed by atoms with E-state index in [1.165, 1.54) is 5.56 Å². The van der Waals surface area contributed by atoms with Gasteiger partial charge in [0.05, 0.1) is 6.04 Å². The van der Waals surface area contributed by atoms with Gasteiger partial charge in [0.2, 0.25) is 5.91 Å². The average Bonchev–Trinajstić information content (AvgIpc) is 3.07. The smallest absolute Gasteiger partial charge is 0.220 e. The van der Waals surface area contributed by atoms with Crippen LogP contribution in [0.15, 0.2) is 36.7 Å². The molecule has 0 bridgehead atoms. The van der Waals surface area contributed by atoms with Crippen LogP contribution >= 0.6 is 0 Å². The van der Waals surface area contributed by atoms with E-state index in [0.29, 0.717) is 12.3 Å². The molecule has 0 radical (unpaired) electrons. The molecule has 6 heteroatoms. The molecule has 0 spiro atoms. The predicted molar refractivity (Wildman–Crippen MR) is 106 cm³/mol. The SMILES string of the molecule is CC(C)[C@H](NC(=O)CC1CCN(Cc2ccccc2)CC1)c1ncnn1C. The van der Waals surface area contributed by atoms with Gasteiger partial charge in [-0.25, -0.2) is 4.98 Å². The number of nitrogens with one attached hydrogen (secondary N) is 1. The van der Waals surface area contributed by atoms with Crippen LogP contribution in [-0.4, -0.2) is 38.7 Å². The maximum absolute atomic E-state index is 12.6. The van der Waals surface area contributed by atoms with Crippen molar-refractivity contribution in [1.29, 1.82) is 0 Å². The molecule has 1 aromatic heterocycles. The van der Waals surface area contributed by atoms with Crippen LogP contribution in [0.1, 0.15) is 50.5 Å². The molecule has 0 aliphatic carbocycles. The summed E-state index contributed by atoms with van der Waals surface area (Å²) in [5, 5.41) is 7.32. The maximum Gasteiger partial charge on any atom is 0.220 e. The Bertz CT molecular complexity index is 719. The molecule has 1 atom stereocenters. The van der Waals surface area contributed by atoms with E-state index in [-0.39, 0.29) is 17.9 Å². The van der Waals surface area contributed by atoms with Crippen molar-refractivity contribution in [3.63, 3.8) is 0 Å². The Morgan fingerprint density at radius 1 is 1.22 bits per heavy atom. The lowest BCUT2D eigenvalue weighted by molar-refractivity contribution is -0.123. The number of likely N-dealkylation sites (tertiary alicyclic amines) is 1. The number of aryl methyl sites for hydroxylation is 1. The second kappa shape index (κ2) is 9.13. The van der Waals surface area contributed by atoms with Crippen molar-refractivity contribution in [3.8, 4) is 0 Å². The first-order valence-electron chi connectivity index (χ1n) is 9.92. The fourth-order valence-electron chi connectivity index (χ4n) is 3.80. The summed E-state index contributed by atoms with van der Waals surface area (Å²) in [5.41, 5.74) is 1.36. The third-order valence-corrected chi connectivity index (χ3v) is 5.44. The number of aromatic nitrogens is 3. The lowest BCUT2D eigenvalue weighted by atomic mass is 9.92. The molecule has 2 aromatic rings. The average molecular weight is 370 g/mol. The molecular formula is C21H31N5O. The Kier molecular flexibility index (Phi) is 6.61. The lowest BCUT2D eigenvalue weighted by Crippen LogP contribution is -2.37. The normalized spacial score (nSPS) is 17.2. The minimum absolute atomic E-state index is 0.0943. The standard InChI is InChI=1S/C21H31N5O/c1-16(2)20(21-22-15-23-25(21)3)24-19(27)13-17-9-11-26(12-10-17)14-18-7-5-4-6-8-18/h4-8,15-17,20H,9-14H2,1-3H3,(H,24,27)/t20-/m0/s1. The zero-order chi connectivity index (χ0) is 19.2. The van der Waals surface area contributed by atoms with E-state index in [9.17, 15) is 4.79 Å². The molecule has 146 valence electrons. The minimum atomic E-state index is -0.0943. The van der Waals surface area contributed by atoms with Crippen LogP contribution in [-0.2, 0) is 18.4 Å². The van der Waals surface area contributed by atoms with Gasteiger partial charge < -0.3 is 5.32 Å². The highest BCUT2D eigenvalue weighted by atomic mass is 16.1. The van der Waals surface area contributed by atoms with E-state index in [4.69, 9.17) is 0 Å². The summed E-state index contributed by atoms with van der Waals surface area (Å²) in [5.74, 6) is 1.67. The highest BCUT2D eigenvalue weighted by molar-refractivity contribution is 5.76. The maximum atomic E-state index is 12.6. The molecule has 1 aromatic carbocycles. The lowest BCUT2D eigenvalue weighted by Gasteiger charge is -2.32. The fraction of sp³-hybridized carbons (Fsp3) is 0.571. The molecule has 2 heterocycles. The van der Waals surface area contributed by atoms with Crippen LogP contribution in [0.3, 0.4) is 0 Å².